The van der Waals surface area contributed by atoms with Gasteiger partial charge in [-0.05, 0) is 37.6 Å². The average Bonchev–Trinajstić information content (AvgIpc) is 2.96. The quantitative estimate of drug-likeness (QED) is 0.929. The summed E-state index contributed by atoms with van der Waals surface area (Å²) in [6.45, 7) is 7.86. The van der Waals surface area contributed by atoms with Gasteiger partial charge in [0, 0.05) is 44.5 Å². The third-order valence-corrected chi connectivity index (χ3v) is 4.19. The second kappa shape index (κ2) is 7.90. The topological polar surface area (TPSA) is 33.1 Å². The van der Waals surface area contributed by atoms with Crippen molar-refractivity contribution in [2.75, 3.05) is 19.6 Å². The number of hydrogen-bond donors (Lipinski definition) is 1. The molecule has 1 atom stereocenters. The Morgan fingerprint density at radius 1 is 1.35 bits per heavy atom. The van der Waals surface area contributed by atoms with Gasteiger partial charge in [0.1, 0.15) is 5.82 Å². The van der Waals surface area contributed by atoms with E-state index < -0.39 is 0 Å². The maximum atomic E-state index is 13.5. The normalized spacial score (nSPS) is 18.9. The van der Waals surface area contributed by atoms with Crippen molar-refractivity contribution in [3.05, 3.63) is 53.6 Å². The summed E-state index contributed by atoms with van der Waals surface area (Å²) in [5.74, 6) is -0.171. The summed E-state index contributed by atoms with van der Waals surface area (Å²) in [6, 6.07) is 9.55. The molecule has 0 bridgehead atoms. The van der Waals surface area contributed by atoms with Crippen molar-refractivity contribution in [2.24, 2.45) is 0 Å². The fraction of sp³-hybridized carbons (Fsp3) is 0.471. The molecule has 23 heavy (non-hydrogen) atoms. The van der Waals surface area contributed by atoms with E-state index in [1.54, 1.807) is 12.1 Å². The Morgan fingerprint density at radius 2 is 2.17 bits per heavy atom. The van der Waals surface area contributed by atoms with E-state index in [1.165, 1.54) is 11.8 Å². The maximum absolute atomic E-state index is 13.5. The van der Waals surface area contributed by atoms with Gasteiger partial charge in [-0.25, -0.2) is 4.39 Å². The summed E-state index contributed by atoms with van der Waals surface area (Å²) in [5.41, 5.74) is 2.24. The highest BCUT2D eigenvalue weighted by Gasteiger charge is 2.25. The lowest BCUT2D eigenvalue weighted by molar-refractivity contribution is 0.148. The Balaban J connectivity index is 0.00000192. The second-order valence-corrected chi connectivity index (χ2v) is 6.11. The van der Waals surface area contributed by atoms with Crippen LogP contribution in [0.3, 0.4) is 0 Å². The molecule has 0 saturated carbocycles. The molecule has 1 saturated heterocycles. The first-order valence-electron chi connectivity index (χ1n) is 7.88. The van der Waals surface area contributed by atoms with Crippen LogP contribution in [0.4, 0.5) is 4.39 Å². The van der Waals surface area contributed by atoms with Crippen LogP contribution in [0, 0.1) is 5.82 Å². The molecule has 1 aromatic carbocycles. The largest absolute Gasteiger partial charge is 0.314 e. The van der Waals surface area contributed by atoms with Gasteiger partial charge in [0.2, 0.25) is 0 Å². The Kier molecular flexibility index (Phi) is 6.16. The SMILES string of the molecule is CC(C)n1nccc1CN1CCNCC1c1cccc(F)c1.Cl. The van der Waals surface area contributed by atoms with Gasteiger partial charge in [0.05, 0.1) is 5.69 Å². The molecule has 0 radical (unpaired) electrons. The lowest BCUT2D eigenvalue weighted by Crippen LogP contribution is -2.45. The summed E-state index contributed by atoms with van der Waals surface area (Å²) >= 11 is 0. The van der Waals surface area contributed by atoms with Crippen LogP contribution in [0.1, 0.15) is 37.2 Å². The number of nitrogens with one attached hydrogen (secondary N) is 1. The predicted octanol–water partition coefficient (Wildman–Crippen LogP) is 3.17. The van der Waals surface area contributed by atoms with Gasteiger partial charge in [0.15, 0.2) is 0 Å². The van der Waals surface area contributed by atoms with Gasteiger partial charge < -0.3 is 5.32 Å². The fourth-order valence-corrected chi connectivity index (χ4v) is 3.12. The van der Waals surface area contributed by atoms with Gasteiger partial charge in [0.25, 0.3) is 0 Å². The number of hydrogen-bond acceptors (Lipinski definition) is 3. The lowest BCUT2D eigenvalue weighted by Gasteiger charge is -2.36. The minimum Gasteiger partial charge on any atom is -0.314 e. The molecule has 6 heteroatoms. The van der Waals surface area contributed by atoms with E-state index in [2.05, 4.69) is 39.9 Å². The number of nitrogens with zero attached hydrogens (tertiary/aromatic N) is 3. The Labute approximate surface area is 143 Å². The van der Waals surface area contributed by atoms with Crippen molar-refractivity contribution in [1.29, 1.82) is 0 Å². The number of rotatable bonds is 4. The number of aromatic nitrogens is 2. The van der Waals surface area contributed by atoms with Crippen molar-refractivity contribution in [3.63, 3.8) is 0 Å². The summed E-state index contributed by atoms with van der Waals surface area (Å²) in [6.07, 6.45) is 1.86. The van der Waals surface area contributed by atoms with Crippen LogP contribution in [-0.4, -0.2) is 34.3 Å². The number of piperazine rings is 1. The molecule has 1 aliphatic heterocycles. The van der Waals surface area contributed by atoms with E-state index in [0.717, 1.165) is 31.7 Å². The van der Waals surface area contributed by atoms with Crippen molar-refractivity contribution in [1.82, 2.24) is 20.0 Å². The minimum atomic E-state index is -0.171. The number of halogens is 2. The monoisotopic (exact) mass is 338 g/mol. The van der Waals surface area contributed by atoms with Gasteiger partial charge in [-0.2, -0.15) is 5.10 Å². The molecular formula is C17H24ClFN4. The Bertz CT molecular complexity index is 629. The molecule has 2 aromatic rings. The highest BCUT2D eigenvalue weighted by Crippen LogP contribution is 2.25. The molecular weight excluding hydrogens is 315 g/mol. The van der Waals surface area contributed by atoms with Crippen molar-refractivity contribution >= 4 is 12.4 Å². The van der Waals surface area contributed by atoms with Gasteiger partial charge in [-0.3, -0.25) is 9.58 Å². The summed E-state index contributed by atoms with van der Waals surface area (Å²) < 4.78 is 15.6. The van der Waals surface area contributed by atoms with E-state index in [9.17, 15) is 4.39 Å². The molecule has 4 nitrogen and oxygen atoms in total. The Hall–Kier alpha value is -1.43. The standard InChI is InChI=1S/C17H23FN4.ClH/c1-13(2)22-16(6-7-20-22)12-21-9-8-19-11-17(21)14-4-3-5-15(18)10-14;/h3-7,10,13,17,19H,8-9,11-12H2,1-2H3;1H. The maximum Gasteiger partial charge on any atom is 0.123 e. The molecule has 0 aliphatic carbocycles. The van der Waals surface area contributed by atoms with Gasteiger partial charge >= 0.3 is 0 Å². The summed E-state index contributed by atoms with van der Waals surface area (Å²) in [7, 11) is 0. The lowest BCUT2D eigenvalue weighted by atomic mass is 10.0. The molecule has 0 amide bonds. The van der Waals surface area contributed by atoms with Crippen LogP contribution < -0.4 is 5.32 Å². The van der Waals surface area contributed by atoms with Gasteiger partial charge in [-0.15, -0.1) is 12.4 Å². The first kappa shape index (κ1) is 17.9. The van der Waals surface area contributed by atoms with E-state index in [0.29, 0.717) is 6.04 Å². The van der Waals surface area contributed by atoms with Crippen LogP contribution in [0.2, 0.25) is 0 Å². The second-order valence-electron chi connectivity index (χ2n) is 6.11. The van der Waals surface area contributed by atoms with Crippen molar-refractivity contribution in [3.8, 4) is 0 Å². The van der Waals surface area contributed by atoms with Crippen LogP contribution in [-0.2, 0) is 6.54 Å². The minimum absolute atomic E-state index is 0. The van der Waals surface area contributed by atoms with Crippen LogP contribution >= 0.6 is 12.4 Å². The number of benzene rings is 1. The van der Waals surface area contributed by atoms with Crippen LogP contribution in [0.5, 0.6) is 0 Å². The van der Waals surface area contributed by atoms with E-state index in [-0.39, 0.29) is 24.3 Å². The molecule has 1 unspecified atom stereocenters. The first-order valence-corrected chi connectivity index (χ1v) is 7.88. The van der Waals surface area contributed by atoms with Crippen LogP contribution in [0.25, 0.3) is 0 Å². The fourth-order valence-electron chi connectivity index (χ4n) is 3.12. The molecule has 126 valence electrons. The molecule has 1 aliphatic rings. The zero-order valence-electron chi connectivity index (χ0n) is 13.6. The molecule has 0 spiro atoms. The van der Waals surface area contributed by atoms with E-state index >= 15 is 0 Å². The summed E-state index contributed by atoms with van der Waals surface area (Å²) in [5, 5.41) is 7.82. The Morgan fingerprint density at radius 3 is 2.91 bits per heavy atom. The van der Waals surface area contributed by atoms with Crippen molar-refractivity contribution < 1.29 is 4.39 Å². The van der Waals surface area contributed by atoms with E-state index in [4.69, 9.17) is 0 Å². The molecule has 3 rings (SSSR count). The zero-order valence-corrected chi connectivity index (χ0v) is 14.4. The van der Waals surface area contributed by atoms with Crippen molar-refractivity contribution in [2.45, 2.75) is 32.5 Å². The van der Waals surface area contributed by atoms with E-state index in [1.807, 2.05) is 12.3 Å². The molecule has 2 heterocycles. The third-order valence-electron chi connectivity index (χ3n) is 4.19. The molecule has 1 N–H and O–H groups in total. The zero-order chi connectivity index (χ0) is 15.5. The third kappa shape index (κ3) is 4.10. The van der Waals surface area contributed by atoms with Crippen LogP contribution in [0.15, 0.2) is 36.5 Å². The first-order chi connectivity index (χ1) is 10.6. The smallest absolute Gasteiger partial charge is 0.123 e. The highest BCUT2D eigenvalue weighted by atomic mass is 35.5. The molecule has 1 fully saturated rings. The predicted molar refractivity (Wildman–Crippen MR) is 92.3 cm³/mol. The highest BCUT2D eigenvalue weighted by molar-refractivity contribution is 5.85. The molecule has 1 aromatic heterocycles. The summed E-state index contributed by atoms with van der Waals surface area (Å²) in [4.78, 5) is 2.40. The van der Waals surface area contributed by atoms with Gasteiger partial charge in [-0.1, -0.05) is 12.1 Å². The average molecular weight is 339 g/mol.